The number of nitrogen functional groups attached to an aromatic ring is 1. The normalized spacial score (nSPS) is 12.4. The van der Waals surface area contributed by atoms with Crippen LogP contribution in [-0.2, 0) is 10.1 Å². The second kappa shape index (κ2) is 8.90. The molecule has 0 heterocycles. The third-order valence-electron chi connectivity index (χ3n) is 4.96. The summed E-state index contributed by atoms with van der Waals surface area (Å²) in [5.41, 5.74) is 4.19. The molecule has 4 rings (SSSR count). The van der Waals surface area contributed by atoms with Gasteiger partial charge in [-0.25, -0.2) is 4.79 Å². The molecule has 0 radical (unpaired) electrons. The molecule has 0 aromatic heterocycles. The van der Waals surface area contributed by atoms with Crippen molar-refractivity contribution in [1.29, 1.82) is 0 Å². The fourth-order valence-electron chi connectivity index (χ4n) is 3.56. The number of benzene rings is 3. The number of fused-ring (bicyclic) bond motifs is 2. The zero-order valence-corrected chi connectivity index (χ0v) is 17.5. The summed E-state index contributed by atoms with van der Waals surface area (Å²) in [4.78, 5) is 37.2. The van der Waals surface area contributed by atoms with Gasteiger partial charge in [0.15, 0.2) is 11.6 Å². The van der Waals surface area contributed by atoms with Gasteiger partial charge in [0.1, 0.15) is 4.90 Å². The van der Waals surface area contributed by atoms with Gasteiger partial charge >= 0.3 is 35.5 Å². The van der Waals surface area contributed by atoms with Gasteiger partial charge in [0, 0.05) is 16.1 Å². The molecule has 9 nitrogen and oxygen atoms in total. The third-order valence-corrected chi connectivity index (χ3v) is 6.09. The van der Waals surface area contributed by atoms with Gasteiger partial charge < -0.3 is 16.2 Å². The number of carbonyl (C=O) groups excluding carboxylic acids is 2. The van der Waals surface area contributed by atoms with Crippen LogP contribution in [-0.4, -0.2) is 65.2 Å². The molecule has 0 amide bonds. The van der Waals surface area contributed by atoms with Gasteiger partial charge in [-0.1, -0.05) is 35.9 Å². The predicted molar refractivity (Wildman–Crippen MR) is 123 cm³/mol. The van der Waals surface area contributed by atoms with Crippen LogP contribution in [0.1, 0.15) is 42.2 Å². The Balaban J connectivity index is 0.00000306. The Labute approximate surface area is 214 Å². The van der Waals surface area contributed by atoms with E-state index in [1.54, 1.807) is 6.07 Å². The summed E-state index contributed by atoms with van der Waals surface area (Å²) in [7, 11) is -4.91. The van der Waals surface area contributed by atoms with Crippen LogP contribution in [0.2, 0.25) is 5.02 Å². The number of ketones is 2. The summed E-state index contributed by atoms with van der Waals surface area (Å²) in [6, 6.07) is 10.6. The van der Waals surface area contributed by atoms with E-state index in [1.807, 2.05) is 0 Å². The van der Waals surface area contributed by atoms with Gasteiger partial charge in [0.25, 0.3) is 10.1 Å². The second-order valence-corrected chi connectivity index (χ2v) is 8.71. The summed E-state index contributed by atoms with van der Waals surface area (Å²) in [6.07, 6.45) is 0. The first kappa shape index (κ1) is 24.9. The molecule has 0 aliphatic heterocycles. The standard InChI is InChI=1S/C21H13ClN2O7S.Na.H/c22-9-5-6-12(21(27)28)13(7-9)24-14-8-15(32(29,30)31)18(23)17-16(14)19(25)10-3-1-2-4-11(10)20(17)26;;/h1-8,24H,23H2,(H,27,28)(H,29,30,31);;. The Morgan fingerprint density at radius 3 is 2.06 bits per heavy atom. The topological polar surface area (TPSA) is 164 Å². The molecule has 164 valence electrons. The van der Waals surface area contributed by atoms with Crippen molar-refractivity contribution in [3.8, 4) is 0 Å². The van der Waals surface area contributed by atoms with Crippen molar-refractivity contribution < 1.29 is 32.5 Å². The Morgan fingerprint density at radius 2 is 1.52 bits per heavy atom. The van der Waals surface area contributed by atoms with E-state index >= 15 is 0 Å². The Kier molecular flexibility index (Phi) is 6.72. The number of rotatable bonds is 4. The zero-order valence-electron chi connectivity index (χ0n) is 15.9. The Morgan fingerprint density at radius 1 is 0.939 bits per heavy atom. The van der Waals surface area contributed by atoms with E-state index in [1.165, 1.54) is 36.4 Å². The molecule has 5 N–H and O–H groups in total. The number of hydrogen-bond acceptors (Lipinski definition) is 7. The Hall–Kier alpha value is -2.73. The molecule has 0 fully saturated rings. The average molecular weight is 497 g/mol. The number of aromatic carboxylic acids is 1. The summed E-state index contributed by atoms with van der Waals surface area (Å²) >= 11 is 5.97. The van der Waals surface area contributed by atoms with Gasteiger partial charge in [0.2, 0.25) is 0 Å². The molecular weight excluding hydrogens is 483 g/mol. The fourth-order valence-corrected chi connectivity index (χ4v) is 4.38. The average Bonchev–Trinajstić information content (AvgIpc) is 2.72. The van der Waals surface area contributed by atoms with E-state index in [2.05, 4.69) is 5.32 Å². The molecule has 0 spiro atoms. The van der Waals surface area contributed by atoms with E-state index in [0.717, 1.165) is 6.07 Å². The van der Waals surface area contributed by atoms with Crippen LogP contribution in [0.25, 0.3) is 0 Å². The van der Waals surface area contributed by atoms with E-state index in [9.17, 15) is 32.5 Å². The molecule has 0 saturated carbocycles. The molecule has 0 unspecified atom stereocenters. The van der Waals surface area contributed by atoms with E-state index in [0.29, 0.717) is 0 Å². The zero-order chi connectivity index (χ0) is 23.4. The Bertz CT molecular complexity index is 1470. The molecule has 0 saturated heterocycles. The van der Waals surface area contributed by atoms with Crippen molar-refractivity contribution in [3.05, 3.63) is 81.4 Å². The summed E-state index contributed by atoms with van der Waals surface area (Å²) in [5, 5.41) is 12.3. The van der Waals surface area contributed by atoms with Crippen molar-refractivity contribution in [2.75, 3.05) is 11.1 Å². The van der Waals surface area contributed by atoms with E-state index in [-0.39, 0.29) is 68.2 Å². The monoisotopic (exact) mass is 496 g/mol. The molecule has 3 aromatic rings. The first-order valence-corrected chi connectivity index (χ1v) is 10.7. The quantitative estimate of drug-likeness (QED) is 0.189. The van der Waals surface area contributed by atoms with Crippen LogP contribution >= 0.6 is 11.6 Å². The van der Waals surface area contributed by atoms with Gasteiger partial charge in [-0.05, 0) is 24.3 Å². The molecule has 12 heteroatoms. The number of anilines is 3. The fraction of sp³-hybridized carbons (Fsp3) is 0. The van der Waals surface area contributed by atoms with Gasteiger partial charge in [-0.15, -0.1) is 0 Å². The van der Waals surface area contributed by atoms with Gasteiger partial charge in [0.05, 0.1) is 33.8 Å². The SMILES string of the molecule is Nc1c(S(=O)(=O)O)cc(Nc2cc(Cl)ccc2C(=O)O)c2c1C(=O)c1ccccc1C2=O.[NaH]. The first-order valence-electron chi connectivity index (χ1n) is 8.93. The summed E-state index contributed by atoms with van der Waals surface area (Å²) in [6.45, 7) is 0. The van der Waals surface area contributed by atoms with Crippen LogP contribution in [0.15, 0.2) is 53.4 Å². The second-order valence-electron chi connectivity index (χ2n) is 6.88. The number of halogens is 1. The van der Waals surface area contributed by atoms with Crippen molar-refractivity contribution in [1.82, 2.24) is 0 Å². The number of carboxylic acids is 1. The number of hydrogen-bond donors (Lipinski definition) is 4. The minimum atomic E-state index is -4.91. The summed E-state index contributed by atoms with van der Waals surface area (Å²) < 4.78 is 33.5. The maximum absolute atomic E-state index is 13.3. The van der Waals surface area contributed by atoms with Crippen LogP contribution < -0.4 is 11.1 Å². The molecule has 33 heavy (non-hydrogen) atoms. The maximum atomic E-state index is 13.3. The number of nitrogens with two attached hydrogens (primary N) is 1. The van der Waals surface area contributed by atoms with Crippen LogP contribution in [0.5, 0.6) is 0 Å². The number of carbonyl (C=O) groups is 3. The van der Waals surface area contributed by atoms with E-state index in [4.69, 9.17) is 17.3 Å². The predicted octanol–water partition coefficient (Wildman–Crippen LogP) is 2.74. The molecule has 1 aliphatic carbocycles. The van der Waals surface area contributed by atoms with Gasteiger partial charge in [-0.3, -0.25) is 14.1 Å². The molecule has 0 bridgehead atoms. The number of nitrogens with one attached hydrogen (secondary N) is 1. The molecule has 1 aliphatic rings. The first-order chi connectivity index (χ1) is 15.0. The minimum absolute atomic E-state index is 0. The van der Waals surface area contributed by atoms with Crippen molar-refractivity contribution in [2.24, 2.45) is 0 Å². The van der Waals surface area contributed by atoms with Crippen molar-refractivity contribution in [3.63, 3.8) is 0 Å². The molecule has 0 atom stereocenters. The third kappa shape index (κ3) is 4.29. The van der Waals surface area contributed by atoms with Crippen LogP contribution in [0.4, 0.5) is 17.1 Å². The molecule has 3 aromatic carbocycles. The van der Waals surface area contributed by atoms with Crippen molar-refractivity contribution in [2.45, 2.75) is 4.90 Å². The van der Waals surface area contributed by atoms with Crippen LogP contribution in [0, 0.1) is 0 Å². The number of carboxylic acid groups (broad SMARTS) is 1. The van der Waals surface area contributed by atoms with Crippen LogP contribution in [0.3, 0.4) is 0 Å². The summed E-state index contributed by atoms with van der Waals surface area (Å²) in [5.74, 6) is -2.67. The van der Waals surface area contributed by atoms with Crippen molar-refractivity contribution >= 4 is 85.9 Å². The van der Waals surface area contributed by atoms with Gasteiger partial charge in [-0.2, -0.15) is 8.42 Å². The molecular formula is C21H14ClN2NaO7S. The van der Waals surface area contributed by atoms with E-state index < -0.39 is 43.8 Å².